The van der Waals surface area contributed by atoms with Gasteiger partial charge in [-0.3, -0.25) is 9.78 Å². The van der Waals surface area contributed by atoms with Gasteiger partial charge in [-0.25, -0.2) is 9.78 Å². The van der Waals surface area contributed by atoms with Gasteiger partial charge >= 0.3 is 5.69 Å². The molecule has 1 N–H and O–H groups in total. The number of rotatable bonds is 3. The normalized spacial score (nSPS) is 10.3. The summed E-state index contributed by atoms with van der Waals surface area (Å²) in [5, 5.41) is 27.3. The monoisotopic (exact) mass is 395 g/mol. The van der Waals surface area contributed by atoms with Crippen molar-refractivity contribution >= 4 is 11.0 Å². The van der Waals surface area contributed by atoms with Gasteiger partial charge in [-0.2, -0.15) is 15.5 Å². The summed E-state index contributed by atoms with van der Waals surface area (Å²) in [4.78, 5) is 34.4. The predicted octanol–water partition coefficient (Wildman–Crippen LogP) is 1.24. The molecule has 2 aromatic carbocycles. The van der Waals surface area contributed by atoms with E-state index in [2.05, 4.69) is 15.0 Å². The molecular weight excluding hydrogens is 386 g/mol. The zero-order valence-electron chi connectivity index (χ0n) is 15.1. The molecule has 10 nitrogen and oxygen atoms in total. The standard InChI is InChI=1S/C20H9N7O3/c21-7-12-5-15-16(6-13(12)8-22)27(9-11-1-3-14(4-2-11)30-10-23)18-17(24-15)19(28)26-20(29)25-18/h1-6H,9H2,(H,26,28,29). The largest absolute Gasteiger partial charge is 0.388 e. The molecule has 0 saturated carbocycles. The summed E-state index contributed by atoms with van der Waals surface area (Å²) >= 11 is 0. The molecule has 0 fully saturated rings. The van der Waals surface area contributed by atoms with Gasteiger partial charge in [0.25, 0.3) is 11.8 Å². The zero-order chi connectivity index (χ0) is 21.3. The van der Waals surface area contributed by atoms with Gasteiger partial charge in [-0.05, 0) is 29.8 Å². The van der Waals surface area contributed by atoms with Gasteiger partial charge in [0.05, 0.1) is 22.2 Å². The molecular formula is C20H9N7O3. The maximum Gasteiger partial charge on any atom is 0.349 e. The van der Waals surface area contributed by atoms with Gasteiger partial charge < -0.3 is 9.30 Å². The number of H-pyrrole nitrogens is 1. The van der Waals surface area contributed by atoms with Gasteiger partial charge in [0.15, 0.2) is 11.5 Å². The molecule has 4 rings (SSSR count). The van der Waals surface area contributed by atoms with Crippen LogP contribution < -0.4 is 16.0 Å². The minimum atomic E-state index is -0.825. The number of nitrogens with one attached hydrogen (secondary N) is 1. The molecule has 2 aliphatic rings. The topological polar surface area (TPSA) is 161 Å². The number of hydrogen-bond donors (Lipinski definition) is 1. The van der Waals surface area contributed by atoms with Crippen LogP contribution in [0.4, 0.5) is 0 Å². The zero-order valence-corrected chi connectivity index (χ0v) is 15.1. The summed E-state index contributed by atoms with van der Waals surface area (Å²) in [6.45, 7) is 0.176. The highest BCUT2D eigenvalue weighted by atomic mass is 16.5. The van der Waals surface area contributed by atoms with Crippen molar-refractivity contribution in [2.75, 3.05) is 0 Å². The Kier molecular flexibility index (Phi) is 4.40. The first-order valence-corrected chi connectivity index (χ1v) is 8.47. The minimum absolute atomic E-state index is 0.0437. The predicted molar refractivity (Wildman–Crippen MR) is 102 cm³/mol. The van der Waals surface area contributed by atoms with Crippen LogP contribution in [0.15, 0.2) is 46.0 Å². The van der Waals surface area contributed by atoms with Crippen LogP contribution in [0.3, 0.4) is 0 Å². The summed E-state index contributed by atoms with van der Waals surface area (Å²) in [7, 11) is 0. The lowest BCUT2D eigenvalue weighted by molar-refractivity contribution is 0.507. The van der Waals surface area contributed by atoms with Crippen LogP contribution in [0.1, 0.15) is 16.7 Å². The molecule has 0 amide bonds. The molecule has 0 unspecified atom stereocenters. The number of hydrogen-bond acceptors (Lipinski definition) is 8. The third kappa shape index (κ3) is 3.09. The first-order chi connectivity index (χ1) is 14.5. The fourth-order valence-electron chi connectivity index (χ4n) is 3.08. The Morgan fingerprint density at radius 1 is 1.00 bits per heavy atom. The molecule has 0 atom stereocenters. The number of aromatic nitrogens is 4. The van der Waals surface area contributed by atoms with E-state index in [-0.39, 0.29) is 29.2 Å². The van der Waals surface area contributed by atoms with Crippen LogP contribution in [0.2, 0.25) is 0 Å². The third-order valence-electron chi connectivity index (χ3n) is 4.42. The van der Waals surface area contributed by atoms with Crippen molar-refractivity contribution in [3.05, 3.63) is 73.9 Å². The number of aromatic amines is 1. The van der Waals surface area contributed by atoms with Gasteiger partial charge in [0, 0.05) is 6.54 Å². The molecule has 10 heteroatoms. The third-order valence-corrected chi connectivity index (χ3v) is 4.42. The van der Waals surface area contributed by atoms with Crippen molar-refractivity contribution in [2.24, 2.45) is 0 Å². The van der Waals surface area contributed by atoms with E-state index >= 15 is 0 Å². The van der Waals surface area contributed by atoms with E-state index in [1.54, 1.807) is 35.1 Å². The van der Waals surface area contributed by atoms with Crippen LogP contribution in [-0.2, 0) is 6.54 Å². The minimum Gasteiger partial charge on any atom is -0.388 e. The highest BCUT2D eigenvalue weighted by molar-refractivity contribution is 5.83. The summed E-state index contributed by atoms with van der Waals surface area (Å²) in [6, 6.07) is 13.4. The molecule has 2 aliphatic heterocycles. The maximum absolute atomic E-state index is 12.3. The molecule has 0 saturated heterocycles. The molecule has 0 radical (unpaired) electrons. The Morgan fingerprint density at radius 3 is 2.37 bits per heavy atom. The van der Waals surface area contributed by atoms with E-state index in [4.69, 9.17) is 10.00 Å². The second-order valence-electron chi connectivity index (χ2n) is 6.19. The Bertz CT molecular complexity index is 1510. The van der Waals surface area contributed by atoms with Crippen molar-refractivity contribution in [1.82, 2.24) is 19.5 Å². The first-order valence-electron chi connectivity index (χ1n) is 8.47. The molecule has 0 aromatic heterocycles. The quantitative estimate of drug-likeness (QED) is 0.400. The molecule has 0 spiro atoms. The van der Waals surface area contributed by atoms with Crippen LogP contribution in [0, 0.1) is 34.2 Å². The van der Waals surface area contributed by atoms with Gasteiger partial charge in [-0.15, -0.1) is 5.26 Å². The fourth-order valence-corrected chi connectivity index (χ4v) is 3.08. The SMILES string of the molecule is N#COc1ccc(Cn2c3nc(=O)[nH]c(=O)c-3nc3cc(C#N)c(C#N)cc32)cc1. The van der Waals surface area contributed by atoms with E-state index in [0.29, 0.717) is 16.8 Å². The van der Waals surface area contributed by atoms with Crippen LogP contribution >= 0.6 is 0 Å². The lowest BCUT2D eigenvalue weighted by atomic mass is 10.1. The van der Waals surface area contributed by atoms with Crippen molar-refractivity contribution in [1.29, 1.82) is 15.8 Å². The van der Waals surface area contributed by atoms with E-state index in [0.717, 1.165) is 5.56 Å². The van der Waals surface area contributed by atoms with Crippen molar-refractivity contribution in [3.63, 3.8) is 0 Å². The summed E-state index contributed by atoms with van der Waals surface area (Å²) < 4.78 is 6.34. The molecule has 2 heterocycles. The maximum atomic E-state index is 12.3. The number of nitrogens with zero attached hydrogens (tertiary/aromatic N) is 6. The Labute approximate surface area is 167 Å². The smallest absolute Gasteiger partial charge is 0.349 e. The second-order valence-corrected chi connectivity index (χ2v) is 6.19. The first kappa shape index (κ1) is 18.4. The highest BCUT2D eigenvalue weighted by Gasteiger charge is 2.20. The molecule has 2 aromatic rings. The Hall–Kier alpha value is -5.01. The molecule has 142 valence electrons. The van der Waals surface area contributed by atoms with Crippen molar-refractivity contribution < 1.29 is 4.74 Å². The second kappa shape index (κ2) is 7.19. The average molecular weight is 395 g/mol. The van der Waals surface area contributed by atoms with Crippen LogP contribution in [0.5, 0.6) is 5.75 Å². The lowest BCUT2D eigenvalue weighted by Crippen LogP contribution is -2.29. The summed E-state index contributed by atoms with van der Waals surface area (Å²) in [5.41, 5.74) is 0.115. The van der Waals surface area contributed by atoms with Crippen molar-refractivity contribution in [3.8, 4) is 35.7 Å². The molecule has 0 aliphatic carbocycles. The average Bonchev–Trinajstić information content (AvgIpc) is 2.74. The fraction of sp³-hybridized carbons (Fsp3) is 0.0500. The van der Waals surface area contributed by atoms with Gasteiger partial charge in [0.1, 0.15) is 17.9 Å². The van der Waals surface area contributed by atoms with Crippen LogP contribution in [-0.4, -0.2) is 19.5 Å². The number of nitriles is 3. The van der Waals surface area contributed by atoms with Gasteiger partial charge in [0.2, 0.25) is 0 Å². The lowest BCUT2D eigenvalue weighted by Gasteiger charge is -2.17. The van der Waals surface area contributed by atoms with Gasteiger partial charge in [-0.1, -0.05) is 12.1 Å². The molecule has 30 heavy (non-hydrogen) atoms. The number of fused-ring (bicyclic) bond motifs is 2. The summed E-state index contributed by atoms with van der Waals surface area (Å²) in [6.07, 6.45) is 1.58. The highest BCUT2D eigenvalue weighted by Crippen LogP contribution is 2.25. The van der Waals surface area contributed by atoms with Crippen LogP contribution in [0.25, 0.3) is 22.6 Å². The molecule has 0 bridgehead atoms. The van der Waals surface area contributed by atoms with E-state index in [9.17, 15) is 20.1 Å². The number of ether oxygens (including phenoxy) is 1. The number of benzene rings is 2. The van der Waals surface area contributed by atoms with E-state index < -0.39 is 11.2 Å². The van der Waals surface area contributed by atoms with E-state index in [1.165, 1.54) is 12.1 Å². The Balaban J connectivity index is 2.02. The Morgan fingerprint density at radius 2 is 1.70 bits per heavy atom. The summed E-state index contributed by atoms with van der Waals surface area (Å²) in [5.74, 6) is 0.403. The van der Waals surface area contributed by atoms with E-state index in [1.807, 2.05) is 12.1 Å². The van der Waals surface area contributed by atoms with Crippen molar-refractivity contribution in [2.45, 2.75) is 6.54 Å².